The third-order valence-corrected chi connectivity index (χ3v) is 4.38. The van der Waals surface area contributed by atoms with E-state index in [1.54, 1.807) is 0 Å². The Hall–Kier alpha value is 0.650. The monoisotopic (exact) mass is 296 g/mol. The predicted octanol–water partition coefficient (Wildman–Crippen LogP) is 1.83. The maximum Gasteiger partial charge on any atom is 0.0335 e. The largest absolute Gasteiger partial charge is 0.304 e. The van der Waals surface area contributed by atoms with Gasteiger partial charge in [0.05, 0.1) is 0 Å². The summed E-state index contributed by atoms with van der Waals surface area (Å²) >= 11 is 2.60. The van der Waals surface area contributed by atoms with Crippen molar-refractivity contribution >= 4 is 22.6 Å². The molecule has 2 unspecified atom stereocenters. The van der Waals surface area contributed by atoms with Gasteiger partial charge in [0, 0.05) is 22.6 Å². The average molecular weight is 296 g/mol. The fraction of sp³-hybridized carbons (Fsp3) is 1.00. The number of likely N-dealkylation sites (tertiary alicyclic amines) is 1. The van der Waals surface area contributed by atoms with Crippen molar-refractivity contribution in [2.75, 3.05) is 27.2 Å². The van der Waals surface area contributed by atoms with Gasteiger partial charge in [-0.15, -0.1) is 0 Å². The van der Waals surface area contributed by atoms with Gasteiger partial charge in [-0.3, -0.25) is 4.90 Å². The third-order valence-electron chi connectivity index (χ3n) is 2.92. The average Bonchev–Trinajstić information content (AvgIpc) is 2.04. The highest BCUT2D eigenvalue weighted by Crippen LogP contribution is 2.22. The summed E-state index contributed by atoms with van der Waals surface area (Å²) < 4.78 is 0.822. The SMILES string of the molecule is CC(C)N1CCC(I)C(N(C)C)C1. The standard InChI is InChI=1S/C10H21IN2/c1-8(2)13-6-5-9(11)10(7-13)12(3)4/h8-10H,5-7H2,1-4H3. The molecule has 0 aromatic rings. The molecule has 1 saturated heterocycles. The van der Waals surface area contributed by atoms with Crippen molar-refractivity contribution < 1.29 is 0 Å². The fourth-order valence-electron chi connectivity index (χ4n) is 1.88. The van der Waals surface area contributed by atoms with Gasteiger partial charge in [0.1, 0.15) is 0 Å². The Bertz CT molecular complexity index is 159. The molecule has 13 heavy (non-hydrogen) atoms. The van der Waals surface area contributed by atoms with Crippen molar-refractivity contribution in [3.8, 4) is 0 Å². The Balaban J connectivity index is 2.53. The van der Waals surface area contributed by atoms with Crippen molar-refractivity contribution in [1.29, 1.82) is 0 Å². The summed E-state index contributed by atoms with van der Waals surface area (Å²) in [7, 11) is 4.39. The van der Waals surface area contributed by atoms with Gasteiger partial charge < -0.3 is 4.90 Å². The van der Waals surface area contributed by atoms with Crippen molar-refractivity contribution in [2.24, 2.45) is 0 Å². The van der Waals surface area contributed by atoms with Crippen LogP contribution in [0.25, 0.3) is 0 Å². The van der Waals surface area contributed by atoms with Crippen LogP contribution in [0.1, 0.15) is 20.3 Å². The van der Waals surface area contributed by atoms with Crippen LogP contribution in [-0.4, -0.2) is 53.0 Å². The van der Waals surface area contributed by atoms with Crippen LogP contribution in [0.15, 0.2) is 0 Å². The molecule has 1 aliphatic heterocycles. The maximum atomic E-state index is 2.60. The smallest absolute Gasteiger partial charge is 0.0335 e. The van der Waals surface area contributed by atoms with Crippen LogP contribution in [0.5, 0.6) is 0 Å². The van der Waals surface area contributed by atoms with Crippen molar-refractivity contribution in [2.45, 2.75) is 36.3 Å². The molecule has 3 heteroatoms. The molecular formula is C10H21IN2. The van der Waals surface area contributed by atoms with Gasteiger partial charge in [0.25, 0.3) is 0 Å². The molecule has 1 fully saturated rings. The molecule has 2 nitrogen and oxygen atoms in total. The molecule has 0 aliphatic carbocycles. The van der Waals surface area contributed by atoms with Gasteiger partial charge in [-0.2, -0.15) is 0 Å². The first-order chi connectivity index (χ1) is 6.02. The van der Waals surface area contributed by atoms with Crippen LogP contribution in [-0.2, 0) is 0 Å². The predicted molar refractivity (Wildman–Crippen MR) is 66.6 cm³/mol. The highest BCUT2D eigenvalue weighted by Gasteiger charge is 2.29. The first-order valence-electron chi connectivity index (χ1n) is 5.07. The zero-order chi connectivity index (χ0) is 10.0. The van der Waals surface area contributed by atoms with Gasteiger partial charge in [-0.1, -0.05) is 22.6 Å². The molecule has 1 aliphatic rings. The van der Waals surface area contributed by atoms with Crippen molar-refractivity contribution in [1.82, 2.24) is 9.80 Å². The van der Waals surface area contributed by atoms with E-state index in [1.807, 2.05) is 0 Å². The Kier molecular flexibility index (Phi) is 4.45. The Morgan fingerprint density at radius 2 is 2.00 bits per heavy atom. The van der Waals surface area contributed by atoms with Crippen LogP contribution in [0, 0.1) is 0 Å². The van der Waals surface area contributed by atoms with E-state index in [1.165, 1.54) is 19.5 Å². The number of hydrogen-bond acceptors (Lipinski definition) is 2. The summed E-state index contributed by atoms with van der Waals surface area (Å²) in [5.41, 5.74) is 0. The zero-order valence-electron chi connectivity index (χ0n) is 9.13. The topological polar surface area (TPSA) is 6.48 Å². The van der Waals surface area contributed by atoms with Gasteiger partial charge in [-0.25, -0.2) is 0 Å². The Morgan fingerprint density at radius 1 is 1.38 bits per heavy atom. The lowest BCUT2D eigenvalue weighted by Gasteiger charge is -2.41. The molecule has 0 N–H and O–H groups in total. The highest BCUT2D eigenvalue weighted by molar-refractivity contribution is 14.1. The second-order valence-corrected chi connectivity index (χ2v) is 6.02. The van der Waals surface area contributed by atoms with E-state index in [0.29, 0.717) is 6.04 Å². The lowest BCUT2D eigenvalue weighted by molar-refractivity contribution is 0.117. The second kappa shape index (κ2) is 4.94. The molecule has 0 bridgehead atoms. The molecule has 1 rings (SSSR count). The number of likely N-dealkylation sites (N-methyl/N-ethyl adjacent to an activating group) is 1. The van der Waals surface area contributed by atoms with Crippen molar-refractivity contribution in [3.05, 3.63) is 0 Å². The highest BCUT2D eigenvalue weighted by atomic mass is 127. The summed E-state index contributed by atoms with van der Waals surface area (Å²) in [6, 6.07) is 1.43. The molecule has 2 atom stereocenters. The molecule has 0 aromatic heterocycles. The zero-order valence-corrected chi connectivity index (χ0v) is 11.3. The molecule has 0 amide bonds. The lowest BCUT2D eigenvalue weighted by Crippen LogP contribution is -2.52. The first kappa shape index (κ1) is 11.7. The van der Waals surface area contributed by atoms with Gasteiger partial charge in [-0.05, 0) is 40.9 Å². The van der Waals surface area contributed by atoms with Gasteiger partial charge >= 0.3 is 0 Å². The van der Waals surface area contributed by atoms with Gasteiger partial charge in [0.2, 0.25) is 0 Å². The molecule has 0 radical (unpaired) electrons. The molecule has 1 heterocycles. The van der Waals surface area contributed by atoms with E-state index in [9.17, 15) is 0 Å². The van der Waals surface area contributed by atoms with Gasteiger partial charge in [0.15, 0.2) is 0 Å². The molecule has 78 valence electrons. The van der Waals surface area contributed by atoms with E-state index in [2.05, 4.69) is 60.3 Å². The summed E-state index contributed by atoms with van der Waals surface area (Å²) in [6.45, 7) is 7.09. The van der Waals surface area contributed by atoms with Crippen molar-refractivity contribution in [3.63, 3.8) is 0 Å². The number of halogens is 1. The third kappa shape index (κ3) is 3.06. The van der Waals surface area contributed by atoms with Crippen LogP contribution in [0.4, 0.5) is 0 Å². The summed E-state index contributed by atoms with van der Waals surface area (Å²) in [5.74, 6) is 0. The number of nitrogens with zero attached hydrogens (tertiary/aromatic N) is 2. The minimum absolute atomic E-state index is 0.700. The fourth-order valence-corrected chi connectivity index (χ4v) is 3.03. The first-order valence-corrected chi connectivity index (χ1v) is 6.31. The van der Waals surface area contributed by atoms with E-state index in [0.717, 1.165) is 9.97 Å². The number of hydrogen-bond donors (Lipinski definition) is 0. The van der Waals surface area contributed by atoms with E-state index in [-0.39, 0.29) is 0 Å². The minimum atomic E-state index is 0.700. The lowest BCUT2D eigenvalue weighted by atomic mass is 10.0. The van der Waals surface area contributed by atoms with Crippen LogP contribution in [0.3, 0.4) is 0 Å². The van der Waals surface area contributed by atoms with E-state index < -0.39 is 0 Å². The maximum absolute atomic E-state index is 2.60. The van der Waals surface area contributed by atoms with Crippen LogP contribution < -0.4 is 0 Å². The Morgan fingerprint density at radius 3 is 2.46 bits per heavy atom. The minimum Gasteiger partial charge on any atom is -0.304 e. The van der Waals surface area contributed by atoms with Crippen LogP contribution in [0.2, 0.25) is 0 Å². The molecular weight excluding hydrogens is 275 g/mol. The van der Waals surface area contributed by atoms with E-state index >= 15 is 0 Å². The summed E-state index contributed by atoms with van der Waals surface area (Å²) in [4.78, 5) is 4.95. The summed E-state index contributed by atoms with van der Waals surface area (Å²) in [5, 5.41) is 0. The molecule has 0 spiro atoms. The normalized spacial score (nSPS) is 31.6. The van der Waals surface area contributed by atoms with E-state index in [4.69, 9.17) is 0 Å². The number of rotatable bonds is 2. The quantitative estimate of drug-likeness (QED) is 0.567. The molecule has 0 saturated carbocycles. The number of piperidine rings is 1. The van der Waals surface area contributed by atoms with Crippen LogP contribution >= 0.6 is 22.6 Å². The molecule has 0 aromatic carbocycles. The second-order valence-electron chi connectivity index (χ2n) is 4.42. The number of alkyl halides is 1. The Labute approximate surface area is 95.8 Å². The summed E-state index contributed by atoms with van der Waals surface area (Å²) in [6.07, 6.45) is 1.33.